The number of hydrogen-bond donors (Lipinski definition) is 18. The lowest BCUT2D eigenvalue weighted by Crippen LogP contribution is -2.68. The van der Waals surface area contributed by atoms with Crippen molar-refractivity contribution in [2.75, 3.05) is 39.6 Å². The summed E-state index contributed by atoms with van der Waals surface area (Å²) >= 11 is 0. The van der Waals surface area contributed by atoms with E-state index in [0.29, 0.717) is 12.8 Å². The fourth-order valence-electron chi connectivity index (χ4n) is 14.2. The molecule has 0 radical (unpaired) electrons. The summed E-state index contributed by atoms with van der Waals surface area (Å²) in [7, 11) is 0. The second-order valence-corrected chi connectivity index (χ2v) is 29.6. The number of carbonyl (C=O) groups is 2. The van der Waals surface area contributed by atoms with E-state index in [1.807, 2.05) is 6.08 Å². The highest BCUT2D eigenvalue weighted by atomic mass is 16.8. The lowest BCUT2D eigenvalue weighted by molar-refractivity contribution is -0.385. The second-order valence-electron chi connectivity index (χ2n) is 29.6. The first-order valence-corrected chi connectivity index (χ1v) is 40.1. The summed E-state index contributed by atoms with van der Waals surface area (Å²) in [6, 6.07) is -2.72. The van der Waals surface area contributed by atoms with E-state index in [4.69, 9.17) is 47.4 Å². The van der Waals surface area contributed by atoms with Crippen molar-refractivity contribution < 1.29 is 139 Å². The van der Waals surface area contributed by atoms with Gasteiger partial charge in [-0.2, -0.15) is 0 Å². The molecule has 2 amide bonds. The van der Waals surface area contributed by atoms with E-state index in [1.165, 1.54) is 148 Å². The monoisotopic (exact) mass is 1530 g/mol. The van der Waals surface area contributed by atoms with Crippen LogP contribution in [0.15, 0.2) is 24.3 Å². The van der Waals surface area contributed by atoms with Crippen LogP contribution in [-0.2, 0) is 57.0 Å². The molecule has 0 saturated carbocycles. The van der Waals surface area contributed by atoms with Crippen LogP contribution in [0.2, 0.25) is 0 Å². The summed E-state index contributed by atoms with van der Waals surface area (Å²) in [4.78, 5) is 26.3. The van der Waals surface area contributed by atoms with E-state index >= 15 is 0 Å². The van der Waals surface area contributed by atoms with E-state index in [-0.39, 0.29) is 12.3 Å². The maximum absolute atomic E-state index is 13.6. The summed E-state index contributed by atoms with van der Waals surface area (Å²) in [5, 5.41) is 181. The number of hydrogen-bond acceptors (Lipinski definition) is 28. The Balaban J connectivity index is 1.20. The number of aliphatic hydroxyl groups excluding tert-OH is 16. The largest absolute Gasteiger partial charge is 0.394 e. The van der Waals surface area contributed by atoms with Crippen molar-refractivity contribution in [2.24, 2.45) is 0 Å². The van der Waals surface area contributed by atoms with Crippen LogP contribution < -0.4 is 10.6 Å². The predicted octanol–water partition coefficient (Wildman–Crippen LogP) is 2.50. The smallest absolute Gasteiger partial charge is 0.220 e. The van der Waals surface area contributed by atoms with Crippen molar-refractivity contribution in [2.45, 2.75) is 405 Å². The van der Waals surface area contributed by atoms with Crippen LogP contribution in [0.3, 0.4) is 0 Å². The summed E-state index contributed by atoms with van der Waals surface area (Å²) in [5.41, 5.74) is 0. The average molecular weight is 1530 g/mol. The van der Waals surface area contributed by atoms with Crippen molar-refractivity contribution in [3.63, 3.8) is 0 Å². The lowest BCUT2D eigenvalue weighted by atomic mass is 9.95. The Morgan fingerprint density at radius 1 is 0.377 bits per heavy atom. The molecule has 620 valence electrons. The highest BCUT2D eigenvalue weighted by molar-refractivity contribution is 5.76. The third kappa shape index (κ3) is 31.7. The minimum absolute atomic E-state index is 0.174. The Bertz CT molecular complexity index is 2340. The molecule has 10 unspecified atom stereocenters. The van der Waals surface area contributed by atoms with Crippen LogP contribution in [0.5, 0.6) is 0 Å². The summed E-state index contributed by atoms with van der Waals surface area (Å²) < 4.78 is 58.8. The molecule has 30 nitrogen and oxygen atoms in total. The van der Waals surface area contributed by atoms with Crippen LogP contribution in [0, 0.1) is 0 Å². The maximum Gasteiger partial charge on any atom is 0.220 e. The van der Waals surface area contributed by atoms with E-state index in [9.17, 15) is 91.3 Å². The molecular weight excluding hydrogens is 1390 g/mol. The minimum atomic E-state index is -2.20. The molecule has 5 aliphatic heterocycles. The zero-order chi connectivity index (χ0) is 77.3. The number of unbranched alkanes of at least 4 members (excludes halogenated alkanes) is 30. The highest BCUT2D eigenvalue weighted by Gasteiger charge is 2.56. The molecule has 5 heterocycles. The van der Waals surface area contributed by atoms with Gasteiger partial charge in [0.15, 0.2) is 31.5 Å². The number of ether oxygens (including phenoxy) is 10. The van der Waals surface area contributed by atoms with Crippen LogP contribution in [0.4, 0.5) is 0 Å². The standard InChI is InChI=1S/C76H138N2O28/c1-4-6-8-10-12-14-16-18-19-20-21-22-23-24-25-26-27-29-31-33-35-37-39-41-56(85)78-49(50(84)40-38-36-34-32-30-28-17-15-13-11-9-7-5-2)46-97-73-67(95)64(92)70(54(45-82)102-73)105-76-68(96)71(106-75-66(94)63(91)59(87)52(43-80)100-75)60(88)55(103-76)47-98-72-57(77-48(3)83)61(89)69(53(44-81)101-72)104-74-65(93)62(90)58(86)51(42-79)99-74/h18-19,38,40,49-55,57-76,79-82,84,86-96H,4-17,20-37,39,41-47H2,1-3H3,(H,77,83)(H,78,85)/b19-18-,40-38+/t49-,50+,51?,52?,53?,54?,55?,57?,58-,59-,60-,61+,62-,63-,64+,65?,66?,67?,68?,69+,70+,71-,72+,73+,74-,75+,76-/m0/s1. The van der Waals surface area contributed by atoms with Crippen molar-refractivity contribution >= 4 is 11.8 Å². The van der Waals surface area contributed by atoms with Crippen molar-refractivity contribution in [3.05, 3.63) is 24.3 Å². The first-order valence-electron chi connectivity index (χ1n) is 40.1. The minimum Gasteiger partial charge on any atom is -0.394 e. The van der Waals surface area contributed by atoms with Gasteiger partial charge in [-0.05, 0) is 44.9 Å². The SMILES string of the molecule is CCCCCCCC/C=C\CCCCCCCCCCCCCCCC(=O)N[C@@H](CO[C@@H]1OC(CO)[C@@H](O[C@@H]2OC(CO[C@@H]3OC(CO)[C@@H](O[C@@H]4OC(CO)[C@H](O)[C@H](O)C4O)[C@H](O)C3NC(C)=O)[C@H](O)[C@H](O[C@H]3OC(CO)[C@H](O)[C@H](O)C3O)C2O)[C@H](O)C1O)[C@H](O)/C=C/CCCCCCCCCCCCC. The van der Waals surface area contributed by atoms with Gasteiger partial charge in [0.2, 0.25) is 11.8 Å². The number of nitrogens with one attached hydrogen (secondary N) is 2. The van der Waals surface area contributed by atoms with Gasteiger partial charge in [-0.25, -0.2) is 0 Å². The number of aliphatic hydroxyl groups is 16. The van der Waals surface area contributed by atoms with Gasteiger partial charge in [-0.1, -0.05) is 205 Å². The summed E-state index contributed by atoms with van der Waals surface area (Å²) in [5.74, 6) is -1.12. The molecule has 106 heavy (non-hydrogen) atoms. The van der Waals surface area contributed by atoms with Crippen LogP contribution in [0.25, 0.3) is 0 Å². The number of rotatable bonds is 55. The van der Waals surface area contributed by atoms with Gasteiger partial charge in [-0.3, -0.25) is 9.59 Å². The number of allylic oxidation sites excluding steroid dienone is 3. The molecule has 0 aromatic heterocycles. The molecule has 5 rings (SSSR count). The van der Waals surface area contributed by atoms with Crippen LogP contribution in [0.1, 0.15) is 239 Å². The number of carbonyl (C=O) groups excluding carboxylic acids is 2. The van der Waals surface area contributed by atoms with Gasteiger partial charge in [0, 0.05) is 13.3 Å². The Hall–Kier alpha value is -2.62. The van der Waals surface area contributed by atoms with E-state index < -0.39 is 211 Å². The van der Waals surface area contributed by atoms with Gasteiger partial charge in [0.05, 0.1) is 51.8 Å². The first-order chi connectivity index (χ1) is 51.2. The average Bonchev–Trinajstić information content (AvgIpc) is 0.780. The van der Waals surface area contributed by atoms with E-state index in [1.54, 1.807) is 6.08 Å². The van der Waals surface area contributed by atoms with Gasteiger partial charge in [0.1, 0.15) is 122 Å². The zero-order valence-corrected chi connectivity index (χ0v) is 63.2. The van der Waals surface area contributed by atoms with Crippen LogP contribution >= 0.6 is 0 Å². The fraction of sp³-hybridized carbons (Fsp3) is 0.921. The molecule has 5 saturated heterocycles. The molecule has 5 fully saturated rings. The normalized spacial score (nSPS) is 34.4. The molecule has 27 atom stereocenters. The zero-order valence-electron chi connectivity index (χ0n) is 63.2. The van der Waals surface area contributed by atoms with Gasteiger partial charge in [0.25, 0.3) is 0 Å². The fourth-order valence-corrected chi connectivity index (χ4v) is 14.2. The molecule has 18 N–H and O–H groups in total. The second kappa shape index (κ2) is 53.4. The van der Waals surface area contributed by atoms with E-state index in [2.05, 4.69) is 36.6 Å². The van der Waals surface area contributed by atoms with Gasteiger partial charge >= 0.3 is 0 Å². The van der Waals surface area contributed by atoms with Crippen molar-refractivity contribution in [1.29, 1.82) is 0 Å². The Morgan fingerprint density at radius 2 is 0.745 bits per heavy atom. The third-order valence-corrected chi connectivity index (χ3v) is 20.9. The molecular formula is C76H138N2O28. The summed E-state index contributed by atoms with van der Waals surface area (Å²) in [6.45, 7) is 0.550. The molecule has 0 bridgehead atoms. The van der Waals surface area contributed by atoms with E-state index in [0.717, 1.165) is 58.3 Å². The first kappa shape index (κ1) is 94.0. The number of amides is 2. The van der Waals surface area contributed by atoms with Gasteiger partial charge < -0.3 is 140 Å². The topological polar surface area (TPSA) is 474 Å². The highest BCUT2D eigenvalue weighted by Crippen LogP contribution is 2.36. The maximum atomic E-state index is 13.6. The molecule has 0 aromatic rings. The summed E-state index contributed by atoms with van der Waals surface area (Å²) in [6.07, 6.45) is 0.707. The Morgan fingerprint density at radius 3 is 1.19 bits per heavy atom. The quantitative estimate of drug-likeness (QED) is 0.0307. The molecule has 0 aromatic carbocycles. The van der Waals surface area contributed by atoms with Crippen molar-refractivity contribution in [1.82, 2.24) is 10.6 Å². The van der Waals surface area contributed by atoms with Crippen molar-refractivity contribution in [3.8, 4) is 0 Å². The molecule has 0 spiro atoms. The van der Waals surface area contributed by atoms with Crippen LogP contribution in [-0.4, -0.2) is 299 Å². The predicted molar refractivity (Wildman–Crippen MR) is 386 cm³/mol. The molecule has 5 aliphatic rings. The van der Waals surface area contributed by atoms with Gasteiger partial charge in [-0.15, -0.1) is 0 Å². The third-order valence-electron chi connectivity index (χ3n) is 20.9. The Labute approximate surface area is 627 Å². The molecule has 30 heteroatoms. The molecule has 0 aliphatic carbocycles. The lowest BCUT2D eigenvalue weighted by Gasteiger charge is -2.49. The Kier molecular flexibility index (Phi) is 47.3.